The molecule has 0 aliphatic heterocycles. The lowest BCUT2D eigenvalue weighted by Gasteiger charge is -2.17. The fraction of sp³-hybridized carbons (Fsp3) is 0.444. The van der Waals surface area contributed by atoms with Crippen molar-refractivity contribution in [2.45, 2.75) is 39.5 Å². The second-order valence-electron chi connectivity index (χ2n) is 6.74. The smallest absolute Gasteiger partial charge is 0.114 e. The van der Waals surface area contributed by atoms with Gasteiger partial charge in [0, 0.05) is 30.1 Å². The molecule has 0 radical (unpaired) electrons. The van der Waals surface area contributed by atoms with Crippen LogP contribution in [0, 0.1) is 17.2 Å². The van der Waals surface area contributed by atoms with Crippen LogP contribution in [-0.4, -0.2) is 9.55 Å². The number of rotatable bonds is 3. The molecule has 3 heteroatoms. The number of aromatic nitrogens is 2. The Morgan fingerprint density at radius 2 is 1.86 bits per heavy atom. The van der Waals surface area contributed by atoms with Crippen LogP contribution in [-0.2, 0) is 18.9 Å². The summed E-state index contributed by atoms with van der Waals surface area (Å²) in [4.78, 5) is 4.77. The summed E-state index contributed by atoms with van der Waals surface area (Å²) in [6, 6.07) is 10.6. The van der Waals surface area contributed by atoms with E-state index in [1.807, 2.05) is 14.0 Å². The van der Waals surface area contributed by atoms with Gasteiger partial charge in [-0.15, -0.1) is 0 Å². The van der Waals surface area contributed by atoms with Crippen molar-refractivity contribution in [1.82, 2.24) is 9.55 Å². The SMILES string of the molecule is C[C@H](C#N)Cc1ccc(-c2cn(C)c(C(C)(C)C)n2)cc1. The van der Waals surface area contributed by atoms with Gasteiger partial charge < -0.3 is 4.57 Å². The highest BCUT2D eigenvalue weighted by atomic mass is 15.1. The molecule has 0 spiro atoms. The predicted octanol–water partition coefficient (Wildman–Crippen LogP) is 4.09. The lowest BCUT2D eigenvalue weighted by Crippen LogP contribution is -2.17. The molecule has 0 amide bonds. The van der Waals surface area contributed by atoms with Crippen LogP contribution in [0.5, 0.6) is 0 Å². The van der Waals surface area contributed by atoms with E-state index in [0.717, 1.165) is 23.5 Å². The molecule has 2 aromatic rings. The van der Waals surface area contributed by atoms with Gasteiger partial charge in [-0.3, -0.25) is 0 Å². The Morgan fingerprint density at radius 1 is 1.24 bits per heavy atom. The van der Waals surface area contributed by atoms with Gasteiger partial charge in [-0.05, 0) is 18.9 Å². The highest BCUT2D eigenvalue weighted by Gasteiger charge is 2.20. The molecule has 0 N–H and O–H groups in total. The van der Waals surface area contributed by atoms with Gasteiger partial charge in [0.25, 0.3) is 0 Å². The van der Waals surface area contributed by atoms with Crippen LogP contribution in [0.15, 0.2) is 30.5 Å². The molecule has 0 saturated carbocycles. The van der Waals surface area contributed by atoms with Crippen molar-refractivity contribution in [2.75, 3.05) is 0 Å². The van der Waals surface area contributed by atoms with Crippen molar-refractivity contribution in [3.63, 3.8) is 0 Å². The number of aryl methyl sites for hydroxylation is 1. The average molecular weight is 281 g/mol. The molecule has 3 nitrogen and oxygen atoms in total. The lowest BCUT2D eigenvalue weighted by molar-refractivity contribution is 0.523. The minimum atomic E-state index is 0.0369. The van der Waals surface area contributed by atoms with Crippen molar-refractivity contribution in [3.8, 4) is 17.3 Å². The zero-order chi connectivity index (χ0) is 15.6. The number of imidazole rings is 1. The standard InChI is InChI=1S/C18H23N3/c1-13(11-19)10-14-6-8-15(9-7-14)16-12-21(5)17(20-16)18(2,3)4/h6-9,12-13H,10H2,1-5H3/t13-/m0/s1. The van der Waals surface area contributed by atoms with Gasteiger partial charge in [0.05, 0.1) is 11.8 Å². The normalized spacial score (nSPS) is 13.0. The minimum absolute atomic E-state index is 0.0369. The number of hydrogen-bond donors (Lipinski definition) is 0. The van der Waals surface area contributed by atoms with E-state index in [0.29, 0.717) is 0 Å². The van der Waals surface area contributed by atoms with Crippen molar-refractivity contribution < 1.29 is 0 Å². The summed E-state index contributed by atoms with van der Waals surface area (Å²) in [5, 5.41) is 8.88. The molecule has 0 unspecified atom stereocenters. The van der Waals surface area contributed by atoms with Crippen molar-refractivity contribution in [3.05, 3.63) is 41.9 Å². The van der Waals surface area contributed by atoms with Gasteiger partial charge in [-0.1, -0.05) is 45.0 Å². The van der Waals surface area contributed by atoms with Gasteiger partial charge in [-0.25, -0.2) is 4.98 Å². The maximum absolute atomic E-state index is 8.88. The molecule has 1 heterocycles. The van der Waals surface area contributed by atoms with Crippen LogP contribution in [0.4, 0.5) is 0 Å². The lowest BCUT2D eigenvalue weighted by atomic mass is 9.96. The molecule has 1 aromatic heterocycles. The first-order valence-electron chi connectivity index (χ1n) is 7.34. The van der Waals surface area contributed by atoms with Crippen LogP contribution < -0.4 is 0 Å². The summed E-state index contributed by atoms with van der Waals surface area (Å²) in [6.45, 7) is 8.46. The van der Waals surface area contributed by atoms with Crippen LogP contribution >= 0.6 is 0 Å². The Bertz CT molecular complexity index is 651. The van der Waals surface area contributed by atoms with Gasteiger partial charge in [0.1, 0.15) is 5.82 Å². The van der Waals surface area contributed by atoms with Gasteiger partial charge in [0.15, 0.2) is 0 Å². The monoisotopic (exact) mass is 281 g/mol. The van der Waals surface area contributed by atoms with E-state index in [2.05, 4.69) is 61.9 Å². The van der Waals surface area contributed by atoms with Crippen LogP contribution in [0.1, 0.15) is 39.1 Å². The summed E-state index contributed by atoms with van der Waals surface area (Å²) in [5.74, 6) is 1.14. The van der Waals surface area contributed by atoms with E-state index < -0.39 is 0 Å². The third-order valence-electron chi connectivity index (χ3n) is 3.56. The maximum atomic E-state index is 8.88. The largest absolute Gasteiger partial charge is 0.337 e. The summed E-state index contributed by atoms with van der Waals surface area (Å²) in [7, 11) is 2.04. The van der Waals surface area contributed by atoms with Crippen LogP contribution in [0.25, 0.3) is 11.3 Å². The second kappa shape index (κ2) is 5.73. The minimum Gasteiger partial charge on any atom is -0.337 e. The van der Waals surface area contributed by atoms with E-state index >= 15 is 0 Å². The quantitative estimate of drug-likeness (QED) is 0.850. The molecule has 1 aromatic carbocycles. The van der Waals surface area contributed by atoms with Crippen LogP contribution in [0.2, 0.25) is 0 Å². The van der Waals surface area contributed by atoms with Gasteiger partial charge in [0.2, 0.25) is 0 Å². The van der Waals surface area contributed by atoms with E-state index in [-0.39, 0.29) is 11.3 Å². The molecule has 0 saturated heterocycles. The topological polar surface area (TPSA) is 41.6 Å². The molecule has 2 rings (SSSR count). The third-order valence-corrected chi connectivity index (χ3v) is 3.56. The molecule has 0 aliphatic carbocycles. The summed E-state index contributed by atoms with van der Waals surface area (Å²) in [5.41, 5.74) is 3.35. The summed E-state index contributed by atoms with van der Waals surface area (Å²) < 4.78 is 2.10. The number of hydrogen-bond acceptors (Lipinski definition) is 2. The maximum Gasteiger partial charge on any atom is 0.114 e. The van der Waals surface area contributed by atoms with E-state index in [1.165, 1.54) is 5.56 Å². The summed E-state index contributed by atoms with van der Waals surface area (Å²) in [6.07, 6.45) is 2.87. The number of nitriles is 1. The van der Waals surface area contributed by atoms with Crippen molar-refractivity contribution in [2.24, 2.45) is 13.0 Å². The first-order chi connectivity index (χ1) is 9.81. The van der Waals surface area contributed by atoms with E-state index in [4.69, 9.17) is 10.2 Å². The molecule has 0 aliphatic rings. The Balaban J connectivity index is 2.26. The molecule has 0 fully saturated rings. The molecule has 110 valence electrons. The molecular weight excluding hydrogens is 258 g/mol. The first kappa shape index (κ1) is 15.3. The van der Waals surface area contributed by atoms with Gasteiger partial charge >= 0.3 is 0 Å². The molecule has 1 atom stereocenters. The molecule has 0 bridgehead atoms. The van der Waals surface area contributed by atoms with Crippen molar-refractivity contribution in [1.29, 1.82) is 5.26 Å². The third kappa shape index (κ3) is 3.52. The molecular formula is C18H23N3. The number of nitrogens with zero attached hydrogens (tertiary/aromatic N) is 3. The average Bonchev–Trinajstić information content (AvgIpc) is 2.81. The zero-order valence-electron chi connectivity index (χ0n) is 13.5. The number of benzene rings is 1. The second-order valence-corrected chi connectivity index (χ2v) is 6.74. The fourth-order valence-electron chi connectivity index (χ4n) is 2.51. The van der Waals surface area contributed by atoms with Crippen molar-refractivity contribution >= 4 is 0 Å². The highest BCUT2D eigenvalue weighted by Crippen LogP contribution is 2.26. The van der Waals surface area contributed by atoms with Crippen LogP contribution in [0.3, 0.4) is 0 Å². The highest BCUT2D eigenvalue weighted by molar-refractivity contribution is 5.59. The Labute approximate surface area is 127 Å². The fourth-order valence-corrected chi connectivity index (χ4v) is 2.51. The summed E-state index contributed by atoms with van der Waals surface area (Å²) >= 11 is 0. The van der Waals surface area contributed by atoms with Gasteiger partial charge in [-0.2, -0.15) is 5.26 Å². The molecule has 21 heavy (non-hydrogen) atoms. The Hall–Kier alpha value is -2.08. The Kier molecular flexibility index (Phi) is 4.18. The van der Waals surface area contributed by atoms with E-state index in [9.17, 15) is 0 Å². The predicted molar refractivity (Wildman–Crippen MR) is 85.8 cm³/mol. The first-order valence-corrected chi connectivity index (χ1v) is 7.34. The van der Waals surface area contributed by atoms with E-state index in [1.54, 1.807) is 0 Å². The Morgan fingerprint density at radius 3 is 2.33 bits per heavy atom. The zero-order valence-corrected chi connectivity index (χ0v) is 13.5.